The predicted molar refractivity (Wildman–Crippen MR) is 81.1 cm³/mol. The maximum absolute atomic E-state index is 11.8. The van der Waals surface area contributed by atoms with Gasteiger partial charge in [-0.2, -0.15) is 5.10 Å². The molecule has 1 saturated carbocycles. The lowest BCUT2D eigenvalue weighted by molar-refractivity contribution is 0.149. The summed E-state index contributed by atoms with van der Waals surface area (Å²) in [6.07, 6.45) is 2.49. The second kappa shape index (κ2) is 6.47. The molecule has 2 atom stereocenters. The van der Waals surface area contributed by atoms with E-state index in [1.807, 2.05) is 32.5 Å². The maximum atomic E-state index is 11.8. The number of hydrogen-bond donors (Lipinski definition) is 3. The van der Waals surface area contributed by atoms with Crippen molar-refractivity contribution < 1.29 is 9.90 Å². The van der Waals surface area contributed by atoms with Gasteiger partial charge in [0.2, 0.25) is 0 Å². The van der Waals surface area contributed by atoms with E-state index in [9.17, 15) is 9.90 Å². The van der Waals surface area contributed by atoms with E-state index >= 15 is 0 Å². The van der Waals surface area contributed by atoms with Gasteiger partial charge in [-0.1, -0.05) is 0 Å². The number of rotatable bonds is 6. The average molecular weight is 294 g/mol. The zero-order valence-corrected chi connectivity index (χ0v) is 13.3. The van der Waals surface area contributed by atoms with E-state index in [0.29, 0.717) is 12.5 Å². The van der Waals surface area contributed by atoms with E-state index in [2.05, 4.69) is 15.7 Å². The van der Waals surface area contributed by atoms with E-state index in [-0.39, 0.29) is 12.1 Å². The predicted octanol–water partition coefficient (Wildman–Crippen LogP) is 1.04. The smallest absolute Gasteiger partial charge is 0.315 e. The van der Waals surface area contributed by atoms with Crippen molar-refractivity contribution in [2.24, 2.45) is 13.0 Å². The Morgan fingerprint density at radius 3 is 2.67 bits per heavy atom. The highest BCUT2D eigenvalue weighted by molar-refractivity contribution is 5.74. The van der Waals surface area contributed by atoms with Crippen LogP contribution in [0.1, 0.15) is 36.7 Å². The molecule has 1 aromatic heterocycles. The summed E-state index contributed by atoms with van der Waals surface area (Å²) in [7, 11) is 1.93. The third kappa shape index (κ3) is 4.20. The Hall–Kier alpha value is -1.56. The number of aryl methyl sites for hydroxylation is 2. The number of aliphatic hydroxyl groups excluding tert-OH is 1. The molecule has 0 spiro atoms. The Labute approximate surface area is 125 Å². The molecule has 0 bridgehead atoms. The van der Waals surface area contributed by atoms with Crippen molar-refractivity contribution in [2.75, 3.05) is 6.54 Å². The van der Waals surface area contributed by atoms with Gasteiger partial charge in [0.05, 0.1) is 11.8 Å². The molecule has 2 rings (SSSR count). The van der Waals surface area contributed by atoms with Crippen LogP contribution in [0.25, 0.3) is 0 Å². The molecular formula is C15H26N4O2. The third-order valence-electron chi connectivity index (χ3n) is 4.18. The minimum absolute atomic E-state index is 0.0182. The molecule has 1 aliphatic carbocycles. The SMILES string of the molecule is Cc1nn(C)c(C)c1C[C@@H](C)NC(=O)NC[C@@H](O)C1CC1. The Morgan fingerprint density at radius 1 is 1.48 bits per heavy atom. The molecule has 3 N–H and O–H groups in total. The van der Waals surface area contributed by atoms with E-state index < -0.39 is 6.10 Å². The van der Waals surface area contributed by atoms with Gasteiger partial charge in [-0.25, -0.2) is 4.79 Å². The number of aliphatic hydroxyl groups is 1. The lowest BCUT2D eigenvalue weighted by Gasteiger charge is -2.16. The van der Waals surface area contributed by atoms with Gasteiger partial charge in [0.15, 0.2) is 0 Å². The highest BCUT2D eigenvalue weighted by atomic mass is 16.3. The summed E-state index contributed by atoms with van der Waals surface area (Å²) in [5.74, 6) is 0.378. The highest BCUT2D eigenvalue weighted by Crippen LogP contribution is 2.32. The molecule has 1 heterocycles. The van der Waals surface area contributed by atoms with E-state index in [0.717, 1.165) is 30.7 Å². The van der Waals surface area contributed by atoms with Crippen LogP contribution in [0, 0.1) is 19.8 Å². The number of nitrogens with zero attached hydrogens (tertiary/aromatic N) is 2. The van der Waals surface area contributed by atoms with Crippen LogP contribution in [-0.4, -0.2) is 39.6 Å². The first-order valence-electron chi connectivity index (χ1n) is 7.60. The largest absolute Gasteiger partial charge is 0.391 e. The Kier molecular flexibility index (Phi) is 4.88. The third-order valence-corrected chi connectivity index (χ3v) is 4.18. The molecule has 0 unspecified atom stereocenters. The highest BCUT2D eigenvalue weighted by Gasteiger charge is 2.29. The molecule has 118 valence electrons. The number of urea groups is 1. The molecule has 6 nitrogen and oxygen atoms in total. The first-order valence-corrected chi connectivity index (χ1v) is 7.60. The van der Waals surface area contributed by atoms with Crippen molar-refractivity contribution in [3.63, 3.8) is 0 Å². The van der Waals surface area contributed by atoms with E-state index in [4.69, 9.17) is 0 Å². The lowest BCUT2D eigenvalue weighted by Crippen LogP contribution is -2.44. The van der Waals surface area contributed by atoms with Gasteiger partial charge in [-0.3, -0.25) is 4.68 Å². The molecular weight excluding hydrogens is 268 g/mol. The Bertz CT molecular complexity index is 508. The molecule has 0 aromatic carbocycles. The van der Waals surface area contributed by atoms with Crippen LogP contribution in [0.2, 0.25) is 0 Å². The Balaban J connectivity index is 1.77. The topological polar surface area (TPSA) is 79.2 Å². The van der Waals surface area contributed by atoms with Crippen LogP contribution in [0.15, 0.2) is 0 Å². The fourth-order valence-electron chi connectivity index (χ4n) is 2.59. The van der Waals surface area contributed by atoms with Crippen molar-refractivity contribution >= 4 is 6.03 Å². The zero-order chi connectivity index (χ0) is 15.6. The number of nitrogens with one attached hydrogen (secondary N) is 2. The molecule has 0 radical (unpaired) electrons. The fourth-order valence-corrected chi connectivity index (χ4v) is 2.59. The summed E-state index contributed by atoms with van der Waals surface area (Å²) < 4.78 is 1.86. The van der Waals surface area contributed by atoms with Gasteiger partial charge >= 0.3 is 6.03 Å². The van der Waals surface area contributed by atoms with Crippen LogP contribution < -0.4 is 10.6 Å². The number of carbonyl (C=O) groups is 1. The van der Waals surface area contributed by atoms with Gasteiger partial charge < -0.3 is 15.7 Å². The van der Waals surface area contributed by atoms with Crippen molar-refractivity contribution in [1.29, 1.82) is 0 Å². The lowest BCUT2D eigenvalue weighted by atomic mass is 10.1. The van der Waals surface area contributed by atoms with Crippen LogP contribution in [0.4, 0.5) is 4.79 Å². The maximum Gasteiger partial charge on any atom is 0.315 e. The summed E-state index contributed by atoms with van der Waals surface area (Å²) in [6.45, 7) is 6.33. The summed E-state index contributed by atoms with van der Waals surface area (Å²) in [4.78, 5) is 11.8. The quantitative estimate of drug-likeness (QED) is 0.733. The minimum atomic E-state index is -0.408. The van der Waals surface area contributed by atoms with Crippen molar-refractivity contribution in [3.8, 4) is 0 Å². The van der Waals surface area contributed by atoms with Crippen LogP contribution in [0.3, 0.4) is 0 Å². The molecule has 1 aromatic rings. The number of aromatic nitrogens is 2. The standard InChI is InChI=1S/C15H26N4O2/c1-9(7-13-10(2)18-19(4)11(13)3)17-15(21)16-8-14(20)12-5-6-12/h9,12,14,20H,5-8H2,1-4H3,(H2,16,17,21)/t9-,14-/m1/s1. The summed E-state index contributed by atoms with van der Waals surface area (Å²) in [6, 6.07) is -0.203. The van der Waals surface area contributed by atoms with E-state index in [1.54, 1.807) is 0 Å². The molecule has 1 fully saturated rings. The summed E-state index contributed by atoms with van der Waals surface area (Å²) in [5.41, 5.74) is 3.32. The zero-order valence-electron chi connectivity index (χ0n) is 13.3. The first kappa shape index (κ1) is 15.8. The van der Waals surface area contributed by atoms with Gasteiger partial charge in [0.1, 0.15) is 0 Å². The number of amides is 2. The molecule has 2 amide bonds. The normalized spacial score (nSPS) is 17.4. The van der Waals surface area contributed by atoms with Crippen molar-refractivity contribution in [1.82, 2.24) is 20.4 Å². The van der Waals surface area contributed by atoms with Crippen LogP contribution in [0.5, 0.6) is 0 Å². The molecule has 0 saturated heterocycles. The van der Waals surface area contributed by atoms with Gasteiger partial charge in [-0.15, -0.1) is 0 Å². The van der Waals surface area contributed by atoms with Crippen molar-refractivity contribution in [3.05, 3.63) is 17.0 Å². The van der Waals surface area contributed by atoms with Gasteiger partial charge in [-0.05, 0) is 51.5 Å². The van der Waals surface area contributed by atoms with Gasteiger partial charge in [0.25, 0.3) is 0 Å². The molecule has 6 heteroatoms. The molecule has 0 aliphatic heterocycles. The second-order valence-corrected chi connectivity index (χ2v) is 6.14. The minimum Gasteiger partial charge on any atom is -0.391 e. The van der Waals surface area contributed by atoms with E-state index in [1.165, 1.54) is 5.56 Å². The fraction of sp³-hybridized carbons (Fsp3) is 0.733. The molecule has 21 heavy (non-hydrogen) atoms. The number of hydrogen-bond acceptors (Lipinski definition) is 3. The second-order valence-electron chi connectivity index (χ2n) is 6.14. The van der Waals surface area contributed by atoms with Crippen molar-refractivity contribution in [2.45, 2.75) is 52.2 Å². The monoisotopic (exact) mass is 294 g/mol. The van der Waals surface area contributed by atoms with Gasteiger partial charge in [0, 0.05) is 25.3 Å². The molecule has 1 aliphatic rings. The van der Waals surface area contributed by atoms with Crippen LogP contribution >= 0.6 is 0 Å². The first-order chi connectivity index (χ1) is 9.88. The number of carbonyl (C=O) groups excluding carboxylic acids is 1. The average Bonchev–Trinajstić information content (AvgIpc) is 3.22. The van der Waals surface area contributed by atoms with Crippen LogP contribution in [-0.2, 0) is 13.5 Å². The summed E-state index contributed by atoms with van der Waals surface area (Å²) in [5, 5.41) is 19.8. The Morgan fingerprint density at radius 2 is 2.14 bits per heavy atom. The summed E-state index contributed by atoms with van der Waals surface area (Å²) >= 11 is 0.